The molecule has 2 aromatic carbocycles. The van der Waals surface area contributed by atoms with Crippen LogP contribution in [0.5, 0.6) is 0 Å². The van der Waals surface area contributed by atoms with Crippen molar-refractivity contribution in [1.82, 2.24) is 40.1 Å². The summed E-state index contributed by atoms with van der Waals surface area (Å²) in [7, 11) is 4.22. The molecular formula is C43H60FN9O3. The van der Waals surface area contributed by atoms with Gasteiger partial charge in [-0.3, -0.25) is 19.4 Å². The van der Waals surface area contributed by atoms with Crippen molar-refractivity contribution in [3.8, 4) is 11.1 Å². The summed E-state index contributed by atoms with van der Waals surface area (Å²) in [5, 5.41) is 15.3. The molecule has 2 saturated heterocycles. The van der Waals surface area contributed by atoms with Gasteiger partial charge in [0.15, 0.2) is 5.65 Å². The number of pyridine rings is 1. The van der Waals surface area contributed by atoms with Crippen LogP contribution >= 0.6 is 0 Å². The van der Waals surface area contributed by atoms with Gasteiger partial charge in [0.1, 0.15) is 5.82 Å². The van der Waals surface area contributed by atoms with E-state index < -0.39 is 0 Å². The van der Waals surface area contributed by atoms with Crippen molar-refractivity contribution in [2.24, 2.45) is 0 Å². The molecule has 0 spiro atoms. The summed E-state index contributed by atoms with van der Waals surface area (Å²) in [5.74, 6) is -0.554. The van der Waals surface area contributed by atoms with Gasteiger partial charge >= 0.3 is 0 Å². The van der Waals surface area contributed by atoms with Gasteiger partial charge in [0.05, 0.1) is 17.3 Å². The van der Waals surface area contributed by atoms with E-state index in [0.29, 0.717) is 18.5 Å². The lowest BCUT2D eigenvalue weighted by Gasteiger charge is -2.35. The zero-order valence-corrected chi connectivity index (χ0v) is 33.7. The van der Waals surface area contributed by atoms with Crippen molar-refractivity contribution in [2.75, 3.05) is 71.9 Å². The zero-order valence-electron chi connectivity index (χ0n) is 33.7. The zero-order chi connectivity index (χ0) is 39.4. The Morgan fingerprint density at radius 2 is 1.66 bits per heavy atom. The molecule has 56 heavy (non-hydrogen) atoms. The molecule has 2 fully saturated rings. The molecule has 0 atom stereocenters. The highest BCUT2D eigenvalue weighted by atomic mass is 19.1. The van der Waals surface area contributed by atoms with Gasteiger partial charge in [-0.05, 0) is 81.6 Å². The average molecular weight is 770 g/mol. The van der Waals surface area contributed by atoms with E-state index in [4.69, 9.17) is 9.72 Å². The minimum absolute atomic E-state index is 0.117. The summed E-state index contributed by atoms with van der Waals surface area (Å²) in [6.45, 7) is 14.0. The first-order valence-corrected chi connectivity index (χ1v) is 20.4. The van der Waals surface area contributed by atoms with Crippen LogP contribution in [0.15, 0.2) is 48.7 Å². The van der Waals surface area contributed by atoms with Crippen molar-refractivity contribution in [3.63, 3.8) is 0 Å². The van der Waals surface area contributed by atoms with Gasteiger partial charge in [-0.15, -0.1) is 0 Å². The number of amides is 2. The van der Waals surface area contributed by atoms with Crippen LogP contribution in [-0.4, -0.2) is 114 Å². The third-order valence-electron chi connectivity index (χ3n) is 10.9. The number of nitrogens with one attached hydrogen (secondary N) is 3. The minimum Gasteiger partial charge on any atom is -0.381 e. The van der Waals surface area contributed by atoms with Crippen LogP contribution in [0, 0.1) is 5.82 Å². The Balaban J connectivity index is 0.979. The van der Waals surface area contributed by atoms with Crippen LogP contribution < -0.4 is 16.0 Å². The normalized spacial score (nSPS) is 15.8. The molecule has 0 radical (unpaired) electrons. The van der Waals surface area contributed by atoms with Crippen molar-refractivity contribution in [1.29, 1.82) is 0 Å². The standard InChI is InChI=1S/C43H60FN9O3/c1-5-39-36(42(48-34-15-23-56-24-16-34)37-29-47-53(6-2)43(37)49-39)28-46-41(55)12-8-11-40(54)45-27-31-13-14-38(44)35(26-31)33-10-7-9-32(25-33)30-52-21-19-51(20-22-52)18-17-50(3)4/h7,9-10,13-14,25-26,29,34H,5-6,8,11-12,15-24,27-28,30H2,1-4H3,(H,45,54)(H,46,55)(H,48,49). The third-order valence-corrected chi connectivity index (χ3v) is 10.9. The third kappa shape index (κ3) is 11.1. The summed E-state index contributed by atoms with van der Waals surface area (Å²) in [6.07, 6.45) is 5.26. The van der Waals surface area contributed by atoms with Crippen LogP contribution in [0.2, 0.25) is 0 Å². The Bertz CT molecular complexity index is 1920. The maximum atomic E-state index is 15.1. The van der Waals surface area contributed by atoms with E-state index >= 15 is 4.39 Å². The van der Waals surface area contributed by atoms with E-state index in [0.717, 1.165) is 130 Å². The van der Waals surface area contributed by atoms with Gasteiger partial charge in [0.25, 0.3) is 0 Å². The Hall–Kier alpha value is -4.43. The lowest BCUT2D eigenvalue weighted by Crippen LogP contribution is -2.47. The molecule has 2 aliphatic heterocycles. The van der Waals surface area contributed by atoms with E-state index in [1.165, 1.54) is 6.07 Å². The van der Waals surface area contributed by atoms with Crippen molar-refractivity contribution < 1.29 is 18.7 Å². The van der Waals surface area contributed by atoms with Crippen LogP contribution in [0.25, 0.3) is 22.2 Å². The van der Waals surface area contributed by atoms with Crippen molar-refractivity contribution in [3.05, 3.63) is 76.9 Å². The second-order valence-corrected chi connectivity index (χ2v) is 15.3. The van der Waals surface area contributed by atoms with Gasteiger partial charge < -0.3 is 25.6 Å². The molecule has 0 bridgehead atoms. The van der Waals surface area contributed by atoms with Crippen LogP contribution in [0.4, 0.5) is 10.1 Å². The largest absolute Gasteiger partial charge is 0.381 e. The van der Waals surface area contributed by atoms with E-state index in [1.807, 2.05) is 29.1 Å². The average Bonchev–Trinajstić information content (AvgIpc) is 3.63. The first-order chi connectivity index (χ1) is 27.2. The van der Waals surface area contributed by atoms with Crippen LogP contribution in [0.1, 0.15) is 68.3 Å². The lowest BCUT2D eigenvalue weighted by atomic mass is 10.00. The fraction of sp³-hybridized carbons (Fsp3) is 0.535. The molecule has 12 nitrogen and oxygen atoms in total. The highest BCUT2D eigenvalue weighted by Gasteiger charge is 2.22. The number of halogens is 1. The molecule has 0 aliphatic carbocycles. The first-order valence-electron chi connectivity index (χ1n) is 20.4. The SMILES string of the molecule is CCc1nc2c(cnn2CC)c(NC2CCOCC2)c1CNC(=O)CCCC(=O)NCc1ccc(F)c(-c2cccc(CN3CCN(CCN(C)C)CC3)c2)c1. The summed E-state index contributed by atoms with van der Waals surface area (Å²) in [5.41, 5.74) is 7.06. The number of hydrogen-bond acceptors (Lipinski definition) is 9. The lowest BCUT2D eigenvalue weighted by molar-refractivity contribution is -0.122. The van der Waals surface area contributed by atoms with Crippen LogP contribution in [-0.2, 0) is 46.9 Å². The fourth-order valence-electron chi connectivity index (χ4n) is 7.59. The Morgan fingerprint density at radius 3 is 2.38 bits per heavy atom. The topological polar surface area (TPSA) is 120 Å². The summed E-state index contributed by atoms with van der Waals surface area (Å²) < 4.78 is 22.6. The number of carbonyl (C=O) groups excluding carboxylic acids is 2. The molecule has 6 rings (SSSR count). The number of fused-ring (bicyclic) bond motifs is 1. The van der Waals surface area contributed by atoms with E-state index in [2.05, 4.69) is 75.8 Å². The number of benzene rings is 2. The molecule has 302 valence electrons. The molecule has 4 aromatic rings. The Labute approximate surface area is 331 Å². The fourth-order valence-corrected chi connectivity index (χ4v) is 7.59. The van der Waals surface area contributed by atoms with Gasteiger partial charge in [-0.1, -0.05) is 31.2 Å². The summed E-state index contributed by atoms with van der Waals surface area (Å²) in [6, 6.07) is 13.4. The number of aromatic nitrogens is 3. The maximum Gasteiger partial charge on any atom is 0.220 e. The summed E-state index contributed by atoms with van der Waals surface area (Å²) >= 11 is 0. The van der Waals surface area contributed by atoms with Gasteiger partial charge in [0.2, 0.25) is 11.8 Å². The molecule has 13 heteroatoms. The smallest absolute Gasteiger partial charge is 0.220 e. The van der Waals surface area contributed by atoms with E-state index in [9.17, 15) is 9.59 Å². The highest BCUT2D eigenvalue weighted by molar-refractivity contribution is 5.92. The van der Waals surface area contributed by atoms with E-state index in [-0.39, 0.29) is 43.1 Å². The number of ether oxygens (including phenoxy) is 1. The predicted molar refractivity (Wildman–Crippen MR) is 220 cm³/mol. The number of rotatable bonds is 18. The number of likely N-dealkylation sites (N-methyl/N-ethyl adjacent to an activating group) is 1. The van der Waals surface area contributed by atoms with Gasteiger partial charge in [-0.2, -0.15) is 5.10 Å². The van der Waals surface area contributed by atoms with Gasteiger partial charge in [-0.25, -0.2) is 14.1 Å². The number of anilines is 1. The maximum absolute atomic E-state index is 15.1. The number of hydrogen-bond donors (Lipinski definition) is 3. The van der Waals surface area contributed by atoms with Crippen molar-refractivity contribution >= 4 is 28.5 Å². The van der Waals surface area contributed by atoms with E-state index in [1.54, 1.807) is 6.07 Å². The molecule has 2 amide bonds. The Morgan fingerprint density at radius 1 is 0.929 bits per heavy atom. The second-order valence-electron chi connectivity index (χ2n) is 15.3. The first kappa shape index (κ1) is 41.2. The number of nitrogens with zero attached hydrogens (tertiary/aromatic N) is 6. The quantitative estimate of drug-likeness (QED) is 0.126. The molecule has 0 unspecified atom stereocenters. The predicted octanol–water partition coefficient (Wildman–Crippen LogP) is 5.19. The number of aryl methyl sites for hydroxylation is 2. The monoisotopic (exact) mass is 769 g/mol. The Kier molecular flexibility index (Phi) is 14.8. The molecule has 3 N–H and O–H groups in total. The number of carbonyl (C=O) groups is 2. The molecule has 4 heterocycles. The number of piperazine rings is 1. The van der Waals surface area contributed by atoms with Crippen molar-refractivity contribution in [2.45, 2.75) is 84.6 Å². The second kappa shape index (κ2) is 20.1. The molecule has 0 saturated carbocycles. The molecule has 2 aliphatic rings. The highest BCUT2D eigenvalue weighted by Crippen LogP contribution is 2.31. The summed E-state index contributed by atoms with van der Waals surface area (Å²) in [4.78, 5) is 38.0. The molecule has 2 aromatic heterocycles. The molecular weight excluding hydrogens is 710 g/mol. The minimum atomic E-state index is -0.290. The van der Waals surface area contributed by atoms with Gasteiger partial charge in [0, 0.05) is 114 Å². The van der Waals surface area contributed by atoms with Crippen LogP contribution in [0.3, 0.4) is 0 Å².